The first-order valence-electron chi connectivity index (χ1n) is 12.0. The average Bonchev–Trinajstić information content (AvgIpc) is 2.89. The number of likely N-dealkylation sites (N-methyl/N-ethyl adjacent to an activating group) is 1. The lowest BCUT2D eigenvalue weighted by atomic mass is 10.0. The minimum atomic E-state index is -0.637. The molecule has 192 valence electrons. The van der Waals surface area contributed by atoms with Crippen molar-refractivity contribution in [1.29, 1.82) is 0 Å². The van der Waals surface area contributed by atoms with Gasteiger partial charge in [0.15, 0.2) is 5.69 Å². The third kappa shape index (κ3) is 7.60. The molecule has 0 bridgehead atoms. The van der Waals surface area contributed by atoms with E-state index in [1.54, 1.807) is 26.2 Å². The Labute approximate surface area is 221 Å². The van der Waals surface area contributed by atoms with Crippen LogP contribution in [0.2, 0.25) is 5.28 Å². The largest absolute Gasteiger partial charge is 0.347 e. The SMILES string of the molecule is [C-]#[N+]c1ccc(C[C@H](Nc2nc(Cl)nc(Nc3cccc(CN4CCNCC4)c3)n2)C(=O)N(C)C)cc1. The lowest BCUT2D eigenvalue weighted by molar-refractivity contribution is -0.129. The van der Waals surface area contributed by atoms with E-state index in [4.69, 9.17) is 18.2 Å². The van der Waals surface area contributed by atoms with Gasteiger partial charge in [-0.2, -0.15) is 15.0 Å². The Hall–Kier alpha value is -3.78. The second-order valence-electron chi connectivity index (χ2n) is 9.02. The molecule has 0 unspecified atom stereocenters. The molecule has 1 aromatic heterocycles. The molecule has 1 fully saturated rings. The number of hydrogen-bond acceptors (Lipinski definition) is 8. The lowest BCUT2D eigenvalue weighted by Crippen LogP contribution is -2.42. The van der Waals surface area contributed by atoms with E-state index >= 15 is 0 Å². The van der Waals surface area contributed by atoms with Gasteiger partial charge in [0.2, 0.25) is 23.1 Å². The molecule has 1 amide bonds. The molecule has 1 aliphatic heterocycles. The van der Waals surface area contributed by atoms with E-state index in [0.29, 0.717) is 12.1 Å². The third-order valence-electron chi connectivity index (χ3n) is 5.95. The van der Waals surface area contributed by atoms with Crippen LogP contribution >= 0.6 is 11.6 Å². The highest BCUT2D eigenvalue weighted by molar-refractivity contribution is 6.28. The molecule has 1 aliphatic rings. The van der Waals surface area contributed by atoms with Crippen LogP contribution < -0.4 is 16.0 Å². The number of benzene rings is 2. The standard InChI is InChI=1S/C26H30ClN9O/c1-28-20-9-7-18(8-10-20)16-22(23(37)35(2)3)31-26-33-24(27)32-25(34-26)30-21-6-4-5-19(15-21)17-36-13-11-29-12-14-36/h4-10,15,22,29H,11-14,16-17H2,2-3H3,(H2,30,31,32,33,34)/t22-/m0/s1. The molecule has 4 rings (SSSR count). The van der Waals surface area contributed by atoms with Gasteiger partial charge >= 0.3 is 0 Å². The Bertz CT molecular complexity index is 1250. The number of nitrogens with one attached hydrogen (secondary N) is 3. The molecule has 2 aromatic carbocycles. The Morgan fingerprint density at radius 2 is 1.84 bits per heavy atom. The summed E-state index contributed by atoms with van der Waals surface area (Å²) in [7, 11) is 3.39. The van der Waals surface area contributed by atoms with E-state index in [0.717, 1.165) is 44.0 Å². The molecule has 0 spiro atoms. The van der Waals surface area contributed by atoms with Crippen LogP contribution in [0, 0.1) is 6.57 Å². The smallest absolute Gasteiger partial charge is 0.244 e. The van der Waals surface area contributed by atoms with Crippen LogP contribution in [0.3, 0.4) is 0 Å². The lowest BCUT2D eigenvalue weighted by Gasteiger charge is -2.27. The predicted octanol–water partition coefficient (Wildman–Crippen LogP) is 3.34. The first kappa shape index (κ1) is 26.3. The summed E-state index contributed by atoms with van der Waals surface area (Å²) in [5.41, 5.74) is 3.47. The molecule has 2 heterocycles. The van der Waals surface area contributed by atoms with E-state index in [2.05, 4.69) is 52.8 Å². The number of anilines is 3. The molecule has 1 saturated heterocycles. The Balaban J connectivity index is 1.49. The fourth-order valence-corrected chi connectivity index (χ4v) is 4.24. The van der Waals surface area contributed by atoms with Gasteiger partial charge in [-0.05, 0) is 34.9 Å². The minimum Gasteiger partial charge on any atom is -0.347 e. The molecule has 37 heavy (non-hydrogen) atoms. The normalized spacial score (nSPS) is 14.4. The maximum absolute atomic E-state index is 12.9. The van der Waals surface area contributed by atoms with Crippen LogP contribution in [0.5, 0.6) is 0 Å². The molecule has 11 heteroatoms. The molecule has 0 aliphatic carbocycles. The topological polar surface area (TPSA) is 103 Å². The van der Waals surface area contributed by atoms with Crippen LogP contribution in [0.1, 0.15) is 11.1 Å². The first-order chi connectivity index (χ1) is 17.9. The molecular formula is C26H30ClN9O. The van der Waals surface area contributed by atoms with Gasteiger partial charge < -0.3 is 20.9 Å². The molecule has 1 atom stereocenters. The number of halogens is 1. The summed E-state index contributed by atoms with van der Waals surface area (Å²) in [6, 6.07) is 14.6. The van der Waals surface area contributed by atoms with Crippen LogP contribution in [0.15, 0.2) is 48.5 Å². The van der Waals surface area contributed by atoms with Crippen molar-refractivity contribution in [3.63, 3.8) is 0 Å². The van der Waals surface area contributed by atoms with Gasteiger partial charge in [0, 0.05) is 58.9 Å². The van der Waals surface area contributed by atoms with Gasteiger partial charge in [0.05, 0.1) is 6.57 Å². The maximum atomic E-state index is 12.9. The zero-order chi connectivity index (χ0) is 26.2. The number of carbonyl (C=O) groups is 1. The molecule has 10 nitrogen and oxygen atoms in total. The fraction of sp³-hybridized carbons (Fsp3) is 0.346. The van der Waals surface area contributed by atoms with Crippen LogP contribution in [0.25, 0.3) is 4.85 Å². The number of aromatic nitrogens is 3. The molecular weight excluding hydrogens is 490 g/mol. The van der Waals surface area contributed by atoms with Crippen molar-refractivity contribution in [3.8, 4) is 0 Å². The minimum absolute atomic E-state index is 0.00873. The number of rotatable bonds is 9. The highest BCUT2D eigenvalue weighted by Crippen LogP contribution is 2.20. The van der Waals surface area contributed by atoms with Gasteiger partial charge in [0.25, 0.3) is 0 Å². The van der Waals surface area contributed by atoms with Crippen LogP contribution in [-0.2, 0) is 17.8 Å². The highest BCUT2D eigenvalue weighted by atomic mass is 35.5. The van der Waals surface area contributed by atoms with Gasteiger partial charge in [-0.1, -0.05) is 36.4 Å². The van der Waals surface area contributed by atoms with E-state index in [1.165, 1.54) is 10.5 Å². The van der Waals surface area contributed by atoms with Gasteiger partial charge in [-0.3, -0.25) is 9.69 Å². The summed E-state index contributed by atoms with van der Waals surface area (Å²) in [6.45, 7) is 12.0. The summed E-state index contributed by atoms with van der Waals surface area (Å²) >= 11 is 6.22. The van der Waals surface area contributed by atoms with Gasteiger partial charge in [0.1, 0.15) is 6.04 Å². The second-order valence-corrected chi connectivity index (χ2v) is 9.35. The van der Waals surface area contributed by atoms with Crippen LogP contribution in [-0.4, -0.2) is 77.0 Å². The van der Waals surface area contributed by atoms with Crippen molar-refractivity contribution in [2.45, 2.75) is 19.0 Å². The maximum Gasteiger partial charge on any atom is 0.244 e. The fourth-order valence-electron chi connectivity index (χ4n) is 4.08. The van der Waals surface area contributed by atoms with E-state index < -0.39 is 6.04 Å². The van der Waals surface area contributed by atoms with Crippen molar-refractivity contribution in [3.05, 3.63) is 76.4 Å². The summed E-state index contributed by atoms with van der Waals surface area (Å²) in [5.74, 6) is 0.331. The van der Waals surface area contributed by atoms with Crippen molar-refractivity contribution in [2.24, 2.45) is 0 Å². The average molecular weight is 520 g/mol. The van der Waals surface area contributed by atoms with E-state index in [9.17, 15) is 4.79 Å². The monoisotopic (exact) mass is 519 g/mol. The van der Waals surface area contributed by atoms with Crippen molar-refractivity contribution in [1.82, 2.24) is 30.1 Å². The number of amides is 1. The third-order valence-corrected chi connectivity index (χ3v) is 6.12. The molecule has 0 saturated carbocycles. The van der Waals surface area contributed by atoms with E-state index in [-0.39, 0.29) is 23.1 Å². The first-order valence-corrected chi connectivity index (χ1v) is 12.4. The number of piperazine rings is 1. The van der Waals surface area contributed by atoms with E-state index in [1.807, 2.05) is 24.3 Å². The summed E-state index contributed by atoms with van der Waals surface area (Å²) in [5, 5.41) is 9.71. The predicted molar refractivity (Wildman–Crippen MR) is 145 cm³/mol. The Morgan fingerprint density at radius 1 is 1.11 bits per heavy atom. The van der Waals surface area contributed by atoms with Gasteiger partial charge in [-0.15, -0.1) is 0 Å². The second kappa shape index (κ2) is 12.5. The quantitative estimate of drug-likeness (QED) is 0.370. The Kier molecular flexibility index (Phi) is 8.85. The van der Waals surface area contributed by atoms with Crippen molar-refractivity contribution < 1.29 is 4.79 Å². The number of hydrogen-bond donors (Lipinski definition) is 3. The summed E-state index contributed by atoms with van der Waals surface area (Å²) in [6.07, 6.45) is 0.384. The summed E-state index contributed by atoms with van der Waals surface area (Å²) < 4.78 is 0. The number of nitrogens with zero attached hydrogens (tertiary/aromatic N) is 6. The van der Waals surface area contributed by atoms with Crippen molar-refractivity contribution in [2.75, 3.05) is 50.9 Å². The zero-order valence-electron chi connectivity index (χ0n) is 20.9. The Morgan fingerprint density at radius 3 is 2.54 bits per heavy atom. The van der Waals surface area contributed by atoms with Crippen molar-refractivity contribution >= 4 is 40.8 Å². The molecule has 0 radical (unpaired) electrons. The van der Waals surface area contributed by atoms with Crippen LogP contribution in [0.4, 0.5) is 23.3 Å². The highest BCUT2D eigenvalue weighted by Gasteiger charge is 2.22. The molecule has 3 aromatic rings. The molecule has 3 N–H and O–H groups in total. The number of carbonyl (C=O) groups excluding carboxylic acids is 1. The van der Waals surface area contributed by atoms with Gasteiger partial charge in [-0.25, -0.2) is 4.85 Å². The zero-order valence-corrected chi connectivity index (χ0v) is 21.7. The summed E-state index contributed by atoms with van der Waals surface area (Å²) in [4.78, 5) is 33.1.